The van der Waals surface area contributed by atoms with E-state index >= 15 is 0 Å². The summed E-state index contributed by atoms with van der Waals surface area (Å²) in [6.07, 6.45) is 7.26. The third-order valence-electron chi connectivity index (χ3n) is 4.82. The van der Waals surface area contributed by atoms with Crippen molar-refractivity contribution in [3.05, 3.63) is 106 Å². The molecule has 0 bridgehead atoms. The maximum absolute atomic E-state index is 7.13. The molecule has 0 saturated heterocycles. The van der Waals surface area contributed by atoms with E-state index < -0.39 is 0 Å². The molecular weight excluding hydrogens is 624 g/mol. The van der Waals surface area contributed by atoms with E-state index in [0.717, 1.165) is 29.3 Å². The van der Waals surface area contributed by atoms with E-state index in [1.807, 2.05) is 73.3 Å². The third kappa shape index (κ3) is 18.1. The number of isothiocyanates is 2. The van der Waals surface area contributed by atoms with E-state index in [0.29, 0.717) is 0 Å². The van der Waals surface area contributed by atoms with Gasteiger partial charge in [0.05, 0.1) is 22.8 Å². The van der Waals surface area contributed by atoms with E-state index in [-0.39, 0.29) is 19.5 Å². The SMILES string of the molecule is CCN(C)C.Cc1ccnc(-c2cc(C)ccn2)c1.Cc1ccnc(-c2cc(C)ccn2)c1.[N-]=C=S.[N-]=C=S.[Ru+2]. The number of aryl methyl sites for hydroxylation is 4. The number of thiocarbonyl (C=S) groups is 2. The van der Waals surface area contributed by atoms with Crippen LogP contribution in [0.1, 0.15) is 29.2 Å². The Balaban J connectivity index is 0. The number of nitrogens with zero attached hydrogens (tertiary/aromatic N) is 7. The maximum Gasteiger partial charge on any atom is 2.00 e. The minimum Gasteiger partial charge on any atom is -0.753 e. The Kier molecular flexibility index (Phi) is 23.0. The molecule has 4 aromatic heterocycles. The number of hydrogen-bond donors (Lipinski definition) is 0. The van der Waals surface area contributed by atoms with Crippen molar-refractivity contribution in [2.45, 2.75) is 34.6 Å². The predicted molar refractivity (Wildman–Crippen MR) is 170 cm³/mol. The molecule has 0 saturated carbocycles. The van der Waals surface area contributed by atoms with Gasteiger partial charge in [-0.3, -0.25) is 19.9 Å². The number of hydrogen-bond acceptors (Lipinski definition) is 7. The Morgan fingerprint density at radius 3 is 0.900 bits per heavy atom. The molecule has 0 fully saturated rings. The van der Waals surface area contributed by atoms with Crippen LogP contribution in [0, 0.1) is 27.7 Å². The van der Waals surface area contributed by atoms with Crippen molar-refractivity contribution in [3.8, 4) is 22.8 Å². The molecule has 0 aliphatic heterocycles. The monoisotopic (exact) mass is 659 g/mol. The van der Waals surface area contributed by atoms with E-state index in [9.17, 15) is 0 Å². The summed E-state index contributed by atoms with van der Waals surface area (Å²) in [7, 11) is 4.11. The molecule has 0 atom stereocenters. The summed E-state index contributed by atoms with van der Waals surface area (Å²) >= 11 is 7.40. The molecule has 0 unspecified atom stereocenters. The fourth-order valence-corrected chi connectivity index (χ4v) is 2.70. The van der Waals surface area contributed by atoms with Crippen LogP contribution in [0.5, 0.6) is 0 Å². The van der Waals surface area contributed by atoms with Gasteiger partial charge in [0.25, 0.3) is 0 Å². The standard InChI is InChI=1S/2C12H12N2.C4H11N.2CNS.Ru/c2*1-9-3-5-13-11(7-9)12-8-10(2)4-6-14-12;1-4-5(2)3;2*2-1-3;/h2*3-8H,1-2H3;4H2,1-3H3;;;/q;;;2*-1;+2. The first kappa shape index (κ1) is 38.9. The van der Waals surface area contributed by atoms with Gasteiger partial charge in [-0.2, -0.15) is 10.3 Å². The van der Waals surface area contributed by atoms with Gasteiger partial charge in [0, 0.05) is 24.8 Å². The molecule has 0 radical (unpaired) electrons. The third-order valence-corrected chi connectivity index (χ3v) is 4.82. The Morgan fingerprint density at radius 1 is 0.600 bits per heavy atom. The van der Waals surface area contributed by atoms with E-state index in [4.69, 9.17) is 10.8 Å². The Morgan fingerprint density at radius 2 is 0.775 bits per heavy atom. The quantitative estimate of drug-likeness (QED) is 0.128. The number of aromatic nitrogens is 4. The van der Waals surface area contributed by atoms with Gasteiger partial charge < -0.3 is 15.7 Å². The summed E-state index contributed by atoms with van der Waals surface area (Å²) in [6, 6.07) is 16.1. The smallest absolute Gasteiger partial charge is 0.753 e. The second-order valence-corrected chi connectivity index (χ2v) is 8.82. The minimum atomic E-state index is 0. The van der Waals surface area contributed by atoms with Crippen LogP contribution in [0.3, 0.4) is 0 Å². The minimum absolute atomic E-state index is 0. The largest absolute Gasteiger partial charge is 2.00 e. The first-order valence-corrected chi connectivity index (χ1v) is 12.8. The average Bonchev–Trinajstić information content (AvgIpc) is 2.90. The Bertz CT molecular complexity index is 1150. The molecule has 0 N–H and O–H groups in total. The summed E-state index contributed by atoms with van der Waals surface area (Å²) in [4.78, 5) is 19.3. The molecule has 7 nitrogen and oxygen atoms in total. The molecule has 4 heterocycles. The van der Waals surface area contributed by atoms with Gasteiger partial charge in [0.1, 0.15) is 0 Å². The Labute approximate surface area is 262 Å². The summed E-state index contributed by atoms with van der Waals surface area (Å²) in [5.41, 5.74) is 8.58. The zero-order chi connectivity index (χ0) is 29.6. The van der Waals surface area contributed by atoms with Crippen LogP contribution < -0.4 is 0 Å². The molecule has 0 spiro atoms. The van der Waals surface area contributed by atoms with Crippen LogP contribution in [0.15, 0.2) is 73.3 Å². The van der Waals surface area contributed by atoms with Crippen molar-refractivity contribution in [1.82, 2.24) is 24.8 Å². The van der Waals surface area contributed by atoms with E-state index in [1.54, 1.807) is 0 Å². The number of pyridine rings is 4. The topological polar surface area (TPSA) is 99.4 Å². The molecule has 0 amide bonds. The Hall–Kier alpha value is -3.22. The normalized spacial score (nSPS) is 8.70. The zero-order valence-electron chi connectivity index (χ0n) is 23.9. The first-order chi connectivity index (χ1) is 18.6. The molecule has 40 heavy (non-hydrogen) atoms. The predicted octanol–water partition coefficient (Wildman–Crippen LogP) is 7.40. The van der Waals surface area contributed by atoms with Gasteiger partial charge in [0.2, 0.25) is 0 Å². The van der Waals surface area contributed by atoms with Crippen LogP contribution in [0.4, 0.5) is 0 Å². The van der Waals surface area contributed by atoms with Crippen LogP contribution >= 0.6 is 24.4 Å². The van der Waals surface area contributed by atoms with Gasteiger partial charge in [0.15, 0.2) is 0 Å². The van der Waals surface area contributed by atoms with Crippen molar-refractivity contribution in [2.75, 3.05) is 20.6 Å². The van der Waals surface area contributed by atoms with Gasteiger partial charge in [-0.1, -0.05) is 31.4 Å². The fourth-order valence-electron chi connectivity index (χ4n) is 2.70. The van der Waals surface area contributed by atoms with Crippen molar-refractivity contribution in [2.24, 2.45) is 0 Å². The second kappa shape index (κ2) is 23.7. The molecule has 0 aliphatic rings. The molecule has 0 aromatic carbocycles. The van der Waals surface area contributed by atoms with Crippen LogP contribution in [0.25, 0.3) is 33.6 Å². The molecular formula is C30H35N7RuS2. The molecule has 0 aliphatic carbocycles. The fraction of sp³-hybridized carbons (Fsp3) is 0.267. The van der Waals surface area contributed by atoms with Crippen molar-refractivity contribution < 1.29 is 19.5 Å². The van der Waals surface area contributed by atoms with Crippen LogP contribution in [-0.4, -0.2) is 55.8 Å². The van der Waals surface area contributed by atoms with Crippen molar-refractivity contribution in [1.29, 1.82) is 0 Å². The van der Waals surface area contributed by atoms with Gasteiger partial charge >= 0.3 is 19.5 Å². The zero-order valence-corrected chi connectivity index (χ0v) is 27.3. The first-order valence-electron chi connectivity index (χ1n) is 12.0. The summed E-state index contributed by atoms with van der Waals surface area (Å²) < 4.78 is 0. The molecule has 10 heteroatoms. The van der Waals surface area contributed by atoms with Crippen LogP contribution in [-0.2, 0) is 19.5 Å². The van der Waals surface area contributed by atoms with Crippen molar-refractivity contribution >= 4 is 34.8 Å². The summed E-state index contributed by atoms with van der Waals surface area (Å²) in [5.74, 6) is 0. The summed E-state index contributed by atoms with van der Waals surface area (Å²) in [5, 5.41) is 16.9. The van der Waals surface area contributed by atoms with Gasteiger partial charge in [-0.25, -0.2) is 0 Å². The average molecular weight is 659 g/mol. The maximum atomic E-state index is 7.13. The molecule has 4 rings (SSSR count). The van der Waals surface area contributed by atoms with E-state index in [2.05, 4.69) is 98.0 Å². The number of rotatable bonds is 3. The van der Waals surface area contributed by atoms with Gasteiger partial charge in [-0.15, -0.1) is 0 Å². The van der Waals surface area contributed by atoms with Crippen LogP contribution in [0.2, 0.25) is 0 Å². The molecule has 4 aromatic rings. The van der Waals surface area contributed by atoms with Gasteiger partial charge in [-0.05, 0) is 119 Å². The van der Waals surface area contributed by atoms with E-state index in [1.165, 1.54) is 32.6 Å². The summed E-state index contributed by atoms with van der Waals surface area (Å²) in [6.45, 7) is 11.5. The second-order valence-electron chi connectivity index (χ2n) is 8.45. The van der Waals surface area contributed by atoms with Crippen molar-refractivity contribution in [3.63, 3.8) is 0 Å². The molecule has 210 valence electrons.